The Bertz CT molecular complexity index is 402. The van der Waals surface area contributed by atoms with Crippen molar-refractivity contribution in [3.63, 3.8) is 0 Å². The van der Waals surface area contributed by atoms with E-state index in [4.69, 9.17) is 0 Å². The Kier molecular flexibility index (Phi) is 7.19. The molecule has 1 aliphatic heterocycles. The lowest BCUT2D eigenvalue weighted by atomic mass is 9.86. The molecule has 0 bridgehead atoms. The van der Waals surface area contributed by atoms with Crippen LogP contribution in [0.25, 0.3) is 0 Å². The number of hydrogen-bond donors (Lipinski definition) is 2. The maximum Gasteiger partial charge on any atom is 0.0291 e. The van der Waals surface area contributed by atoms with Crippen LogP contribution in [0.4, 0.5) is 0 Å². The van der Waals surface area contributed by atoms with E-state index in [0.717, 1.165) is 12.5 Å². The van der Waals surface area contributed by atoms with Gasteiger partial charge in [-0.15, -0.1) is 12.4 Å². The Labute approximate surface area is 136 Å². The average molecular weight is 311 g/mol. The summed E-state index contributed by atoms with van der Waals surface area (Å²) in [6, 6.07) is 9.55. The van der Waals surface area contributed by atoms with Crippen LogP contribution < -0.4 is 10.6 Å². The van der Waals surface area contributed by atoms with E-state index in [2.05, 4.69) is 62.6 Å². The molecule has 3 heteroatoms. The molecular weight excluding hydrogens is 280 g/mol. The molecular formula is C18H31ClN2. The minimum atomic E-state index is 0. The van der Waals surface area contributed by atoms with Gasteiger partial charge in [-0.25, -0.2) is 0 Å². The van der Waals surface area contributed by atoms with Crippen LogP contribution in [0.2, 0.25) is 0 Å². The minimum Gasteiger partial charge on any atom is -0.317 e. The molecule has 1 aliphatic rings. The van der Waals surface area contributed by atoms with E-state index < -0.39 is 0 Å². The molecule has 1 heterocycles. The first-order valence-electron chi connectivity index (χ1n) is 8.01. The lowest BCUT2D eigenvalue weighted by molar-refractivity contribution is 0.345. The normalized spacial score (nSPS) is 18.1. The number of piperidine rings is 1. The molecule has 1 aromatic rings. The molecule has 1 atom stereocenters. The standard InChI is InChI=1S/C18H30N2.ClH/c1-14(20-13-15-9-11-19-12-10-15)16-5-7-17(8-6-16)18(2,3)4;/h5-8,14-15,19-20H,9-13H2,1-4H3;1H. The van der Waals surface area contributed by atoms with Gasteiger partial charge in [0.15, 0.2) is 0 Å². The molecule has 0 saturated carbocycles. The van der Waals surface area contributed by atoms with Crippen LogP contribution in [0.1, 0.15) is 57.7 Å². The third-order valence-electron chi connectivity index (χ3n) is 4.45. The highest BCUT2D eigenvalue weighted by atomic mass is 35.5. The van der Waals surface area contributed by atoms with Gasteiger partial charge in [-0.2, -0.15) is 0 Å². The van der Waals surface area contributed by atoms with E-state index in [1.54, 1.807) is 0 Å². The summed E-state index contributed by atoms with van der Waals surface area (Å²) in [4.78, 5) is 0. The second-order valence-electron chi connectivity index (χ2n) is 7.20. The fourth-order valence-corrected chi connectivity index (χ4v) is 2.82. The lowest BCUT2D eigenvalue weighted by Gasteiger charge is -2.25. The van der Waals surface area contributed by atoms with Gasteiger partial charge >= 0.3 is 0 Å². The Morgan fingerprint density at radius 1 is 1.14 bits per heavy atom. The van der Waals surface area contributed by atoms with Crippen LogP contribution in [0.15, 0.2) is 24.3 Å². The number of benzene rings is 1. The van der Waals surface area contributed by atoms with Crippen molar-refractivity contribution in [3.8, 4) is 0 Å². The van der Waals surface area contributed by atoms with Crippen molar-refractivity contribution < 1.29 is 0 Å². The Hall–Kier alpha value is -0.570. The molecule has 1 aromatic carbocycles. The average Bonchev–Trinajstić information content (AvgIpc) is 2.45. The van der Waals surface area contributed by atoms with Crippen LogP contribution in [0.5, 0.6) is 0 Å². The second-order valence-corrected chi connectivity index (χ2v) is 7.20. The van der Waals surface area contributed by atoms with Crippen molar-refractivity contribution in [1.29, 1.82) is 0 Å². The van der Waals surface area contributed by atoms with Crippen molar-refractivity contribution in [3.05, 3.63) is 35.4 Å². The van der Waals surface area contributed by atoms with Crippen molar-refractivity contribution in [2.45, 2.75) is 52.0 Å². The van der Waals surface area contributed by atoms with E-state index in [1.165, 1.54) is 37.1 Å². The van der Waals surface area contributed by atoms with E-state index >= 15 is 0 Å². The minimum absolute atomic E-state index is 0. The van der Waals surface area contributed by atoms with Gasteiger partial charge in [0.25, 0.3) is 0 Å². The van der Waals surface area contributed by atoms with Crippen LogP contribution in [-0.4, -0.2) is 19.6 Å². The van der Waals surface area contributed by atoms with Gasteiger partial charge in [0.05, 0.1) is 0 Å². The van der Waals surface area contributed by atoms with Gasteiger partial charge < -0.3 is 10.6 Å². The number of rotatable bonds is 4. The van der Waals surface area contributed by atoms with Crippen molar-refractivity contribution >= 4 is 12.4 Å². The molecule has 0 amide bonds. The molecule has 1 saturated heterocycles. The summed E-state index contributed by atoms with van der Waals surface area (Å²) in [5.74, 6) is 0.840. The third kappa shape index (κ3) is 5.61. The fraction of sp³-hybridized carbons (Fsp3) is 0.667. The third-order valence-corrected chi connectivity index (χ3v) is 4.45. The molecule has 120 valence electrons. The summed E-state index contributed by atoms with van der Waals surface area (Å²) in [5, 5.41) is 7.13. The number of hydrogen-bond acceptors (Lipinski definition) is 2. The maximum atomic E-state index is 3.70. The van der Waals surface area contributed by atoms with Gasteiger partial charge in [-0.3, -0.25) is 0 Å². The zero-order chi connectivity index (χ0) is 14.6. The summed E-state index contributed by atoms with van der Waals surface area (Å²) in [6.45, 7) is 12.6. The molecule has 0 radical (unpaired) electrons. The zero-order valence-electron chi connectivity index (χ0n) is 13.9. The monoisotopic (exact) mass is 310 g/mol. The van der Waals surface area contributed by atoms with E-state index in [1.807, 2.05) is 0 Å². The molecule has 0 spiro atoms. The molecule has 2 nitrogen and oxygen atoms in total. The summed E-state index contributed by atoms with van der Waals surface area (Å²) in [5.41, 5.74) is 3.04. The Morgan fingerprint density at radius 2 is 1.71 bits per heavy atom. The first-order valence-corrected chi connectivity index (χ1v) is 8.01. The van der Waals surface area contributed by atoms with Gasteiger partial charge in [-0.1, -0.05) is 45.0 Å². The van der Waals surface area contributed by atoms with Gasteiger partial charge in [-0.05, 0) is 61.9 Å². The molecule has 1 unspecified atom stereocenters. The smallest absolute Gasteiger partial charge is 0.0291 e. The number of nitrogens with one attached hydrogen (secondary N) is 2. The summed E-state index contributed by atoms with van der Waals surface area (Å²) in [6.07, 6.45) is 2.62. The van der Waals surface area contributed by atoms with Gasteiger partial charge in [0.1, 0.15) is 0 Å². The zero-order valence-corrected chi connectivity index (χ0v) is 14.7. The van der Waals surface area contributed by atoms with Crippen LogP contribution in [-0.2, 0) is 5.41 Å². The highest BCUT2D eigenvalue weighted by Crippen LogP contribution is 2.24. The maximum absolute atomic E-state index is 3.70. The van der Waals surface area contributed by atoms with Gasteiger partial charge in [0.2, 0.25) is 0 Å². The van der Waals surface area contributed by atoms with E-state index in [0.29, 0.717) is 6.04 Å². The van der Waals surface area contributed by atoms with Gasteiger partial charge in [0, 0.05) is 6.04 Å². The molecule has 21 heavy (non-hydrogen) atoms. The summed E-state index contributed by atoms with van der Waals surface area (Å²) >= 11 is 0. The Balaban J connectivity index is 0.00000220. The quantitative estimate of drug-likeness (QED) is 0.876. The van der Waals surface area contributed by atoms with E-state index in [9.17, 15) is 0 Å². The fourth-order valence-electron chi connectivity index (χ4n) is 2.82. The highest BCUT2D eigenvalue weighted by molar-refractivity contribution is 5.85. The molecule has 1 fully saturated rings. The van der Waals surface area contributed by atoms with Crippen molar-refractivity contribution in [2.24, 2.45) is 5.92 Å². The van der Waals surface area contributed by atoms with Crippen LogP contribution >= 0.6 is 12.4 Å². The second kappa shape index (κ2) is 8.17. The highest BCUT2D eigenvalue weighted by Gasteiger charge is 2.16. The summed E-state index contributed by atoms with van der Waals surface area (Å²) in [7, 11) is 0. The van der Waals surface area contributed by atoms with Crippen LogP contribution in [0.3, 0.4) is 0 Å². The molecule has 2 N–H and O–H groups in total. The predicted octanol–water partition coefficient (Wildman–Crippen LogP) is 4.06. The topological polar surface area (TPSA) is 24.1 Å². The molecule has 0 aliphatic carbocycles. The predicted molar refractivity (Wildman–Crippen MR) is 94.4 cm³/mol. The first kappa shape index (κ1) is 18.5. The van der Waals surface area contributed by atoms with E-state index in [-0.39, 0.29) is 17.8 Å². The van der Waals surface area contributed by atoms with Crippen molar-refractivity contribution in [2.75, 3.05) is 19.6 Å². The van der Waals surface area contributed by atoms with Crippen molar-refractivity contribution in [1.82, 2.24) is 10.6 Å². The molecule has 0 aromatic heterocycles. The number of halogens is 1. The van der Waals surface area contributed by atoms with Crippen LogP contribution in [0, 0.1) is 5.92 Å². The largest absolute Gasteiger partial charge is 0.317 e. The first-order chi connectivity index (χ1) is 9.47. The SMILES string of the molecule is CC(NCC1CCNCC1)c1ccc(C(C)(C)C)cc1.Cl. The molecule has 2 rings (SSSR count). The summed E-state index contributed by atoms with van der Waals surface area (Å²) < 4.78 is 0. The Morgan fingerprint density at radius 3 is 2.24 bits per heavy atom. The lowest BCUT2D eigenvalue weighted by Crippen LogP contribution is -2.34.